The molecule has 0 aromatic heterocycles. The molecule has 0 aliphatic rings. The number of hydrogen-bond donors (Lipinski definition) is 3. The van der Waals surface area contributed by atoms with Gasteiger partial charge in [0, 0.05) is 19.1 Å². The fraction of sp³-hybridized carbons (Fsp3) is 0.400. The van der Waals surface area contributed by atoms with E-state index in [-0.39, 0.29) is 12.6 Å². The van der Waals surface area contributed by atoms with Gasteiger partial charge in [0.2, 0.25) is 0 Å². The van der Waals surface area contributed by atoms with Crippen molar-refractivity contribution in [2.75, 3.05) is 13.2 Å². The van der Waals surface area contributed by atoms with Crippen molar-refractivity contribution in [3.63, 3.8) is 0 Å². The second-order valence-electron chi connectivity index (χ2n) is 3.32. The molecule has 0 radical (unpaired) electrons. The summed E-state index contributed by atoms with van der Waals surface area (Å²) >= 11 is 11.6. The van der Waals surface area contributed by atoms with Crippen molar-refractivity contribution in [1.82, 2.24) is 5.32 Å². The van der Waals surface area contributed by atoms with Crippen LogP contribution in [0.2, 0.25) is 10.0 Å². The average molecular weight is 249 g/mol. The molecule has 0 aliphatic heterocycles. The first-order valence-electron chi connectivity index (χ1n) is 4.64. The van der Waals surface area contributed by atoms with Gasteiger partial charge in [0.15, 0.2) is 0 Å². The summed E-state index contributed by atoms with van der Waals surface area (Å²) in [6.45, 7) is 1.20. The lowest BCUT2D eigenvalue weighted by Crippen LogP contribution is -2.36. The maximum atomic E-state index is 8.71. The molecule has 0 saturated heterocycles. The van der Waals surface area contributed by atoms with Crippen LogP contribution in [0.25, 0.3) is 0 Å². The van der Waals surface area contributed by atoms with Crippen LogP contribution in [-0.2, 0) is 6.54 Å². The Kier molecular flexibility index (Phi) is 5.36. The fourth-order valence-electron chi connectivity index (χ4n) is 1.12. The molecule has 1 aromatic rings. The van der Waals surface area contributed by atoms with Gasteiger partial charge < -0.3 is 16.2 Å². The van der Waals surface area contributed by atoms with E-state index in [1.54, 1.807) is 12.1 Å². The highest BCUT2D eigenvalue weighted by Gasteiger charge is 2.01. The van der Waals surface area contributed by atoms with Crippen LogP contribution in [-0.4, -0.2) is 24.3 Å². The van der Waals surface area contributed by atoms with E-state index in [4.69, 9.17) is 34.0 Å². The second kappa shape index (κ2) is 6.30. The summed E-state index contributed by atoms with van der Waals surface area (Å²) in [6.07, 6.45) is 0. The molecule has 0 spiro atoms. The minimum Gasteiger partial charge on any atom is -0.395 e. The SMILES string of the molecule is NC(CO)CNCc1ccc(Cl)c(Cl)c1. The Labute approximate surface area is 99.2 Å². The third-order valence-corrected chi connectivity index (χ3v) is 2.69. The topological polar surface area (TPSA) is 58.3 Å². The highest BCUT2D eigenvalue weighted by Crippen LogP contribution is 2.22. The number of hydrogen-bond acceptors (Lipinski definition) is 3. The van der Waals surface area contributed by atoms with Crippen LogP contribution in [0.15, 0.2) is 18.2 Å². The molecular formula is C10H14Cl2N2O. The number of nitrogens with two attached hydrogens (primary N) is 1. The van der Waals surface area contributed by atoms with E-state index >= 15 is 0 Å². The summed E-state index contributed by atoms with van der Waals surface area (Å²) in [4.78, 5) is 0. The van der Waals surface area contributed by atoms with E-state index in [1.165, 1.54) is 0 Å². The predicted octanol–water partition coefficient (Wildman–Crippen LogP) is 1.40. The molecule has 1 unspecified atom stereocenters. The van der Waals surface area contributed by atoms with Crippen LogP contribution >= 0.6 is 23.2 Å². The maximum Gasteiger partial charge on any atom is 0.0595 e. The van der Waals surface area contributed by atoms with Gasteiger partial charge >= 0.3 is 0 Å². The molecule has 1 aromatic carbocycles. The Morgan fingerprint density at radius 1 is 1.33 bits per heavy atom. The van der Waals surface area contributed by atoms with Crippen molar-refractivity contribution in [2.24, 2.45) is 5.73 Å². The Morgan fingerprint density at radius 3 is 2.67 bits per heavy atom. The zero-order chi connectivity index (χ0) is 11.3. The first-order chi connectivity index (χ1) is 7.13. The largest absolute Gasteiger partial charge is 0.395 e. The van der Waals surface area contributed by atoms with Gasteiger partial charge in [-0.2, -0.15) is 0 Å². The summed E-state index contributed by atoms with van der Waals surface area (Å²) in [5.74, 6) is 0. The van der Waals surface area contributed by atoms with Gasteiger partial charge in [-0.3, -0.25) is 0 Å². The molecule has 0 fully saturated rings. The molecule has 15 heavy (non-hydrogen) atoms. The highest BCUT2D eigenvalue weighted by molar-refractivity contribution is 6.42. The zero-order valence-corrected chi connectivity index (χ0v) is 9.72. The van der Waals surface area contributed by atoms with Crippen LogP contribution in [0.3, 0.4) is 0 Å². The number of nitrogens with one attached hydrogen (secondary N) is 1. The monoisotopic (exact) mass is 248 g/mol. The van der Waals surface area contributed by atoms with Gasteiger partial charge in [-0.15, -0.1) is 0 Å². The van der Waals surface area contributed by atoms with Crippen molar-refractivity contribution in [2.45, 2.75) is 12.6 Å². The first kappa shape index (κ1) is 12.7. The molecule has 0 bridgehead atoms. The molecule has 4 N–H and O–H groups in total. The second-order valence-corrected chi connectivity index (χ2v) is 4.14. The Morgan fingerprint density at radius 2 is 2.07 bits per heavy atom. The number of halogens is 2. The Bertz CT molecular complexity index is 320. The van der Waals surface area contributed by atoms with Crippen LogP contribution in [0.4, 0.5) is 0 Å². The van der Waals surface area contributed by atoms with Crippen molar-refractivity contribution >= 4 is 23.2 Å². The van der Waals surface area contributed by atoms with E-state index < -0.39 is 0 Å². The van der Waals surface area contributed by atoms with Gasteiger partial charge in [-0.05, 0) is 17.7 Å². The summed E-state index contributed by atoms with van der Waals surface area (Å²) in [5.41, 5.74) is 6.57. The normalized spacial score (nSPS) is 12.8. The Hall–Kier alpha value is -0.320. The van der Waals surface area contributed by atoms with Gasteiger partial charge in [-0.25, -0.2) is 0 Å². The lowest BCUT2D eigenvalue weighted by molar-refractivity contribution is 0.262. The van der Waals surface area contributed by atoms with Crippen LogP contribution in [0, 0.1) is 0 Å². The van der Waals surface area contributed by atoms with Crippen molar-refractivity contribution in [3.8, 4) is 0 Å². The first-order valence-corrected chi connectivity index (χ1v) is 5.40. The number of aliphatic hydroxyl groups excluding tert-OH is 1. The summed E-state index contributed by atoms with van der Waals surface area (Å²) in [6, 6.07) is 5.23. The maximum absolute atomic E-state index is 8.71. The van der Waals surface area contributed by atoms with Gasteiger partial charge in [0.05, 0.1) is 16.7 Å². The third kappa shape index (κ3) is 4.36. The van der Waals surface area contributed by atoms with Crippen LogP contribution in [0.5, 0.6) is 0 Å². The highest BCUT2D eigenvalue weighted by atomic mass is 35.5. The molecule has 3 nitrogen and oxygen atoms in total. The van der Waals surface area contributed by atoms with Crippen LogP contribution in [0.1, 0.15) is 5.56 Å². The van der Waals surface area contributed by atoms with Crippen molar-refractivity contribution in [1.29, 1.82) is 0 Å². The summed E-state index contributed by atoms with van der Waals surface area (Å²) in [5, 5.41) is 12.9. The van der Waals surface area contributed by atoms with E-state index in [0.29, 0.717) is 23.1 Å². The lowest BCUT2D eigenvalue weighted by Gasteiger charge is -2.09. The number of benzene rings is 1. The molecule has 0 heterocycles. The zero-order valence-electron chi connectivity index (χ0n) is 8.21. The molecule has 5 heteroatoms. The predicted molar refractivity (Wildman–Crippen MR) is 63.2 cm³/mol. The van der Waals surface area contributed by atoms with E-state index in [0.717, 1.165) is 5.56 Å². The van der Waals surface area contributed by atoms with Crippen molar-refractivity contribution in [3.05, 3.63) is 33.8 Å². The van der Waals surface area contributed by atoms with Gasteiger partial charge in [0.25, 0.3) is 0 Å². The number of rotatable bonds is 5. The summed E-state index contributed by atoms with van der Waals surface area (Å²) in [7, 11) is 0. The molecular weight excluding hydrogens is 235 g/mol. The van der Waals surface area contributed by atoms with Crippen molar-refractivity contribution < 1.29 is 5.11 Å². The number of aliphatic hydroxyl groups is 1. The minimum absolute atomic E-state index is 0.0195. The van der Waals surface area contributed by atoms with E-state index in [1.807, 2.05) is 6.07 Å². The van der Waals surface area contributed by atoms with E-state index in [9.17, 15) is 0 Å². The van der Waals surface area contributed by atoms with Gasteiger partial charge in [-0.1, -0.05) is 29.3 Å². The molecule has 84 valence electrons. The standard InChI is InChI=1S/C10H14Cl2N2O/c11-9-2-1-7(3-10(9)12)4-14-5-8(13)6-15/h1-3,8,14-15H,4-6,13H2. The smallest absolute Gasteiger partial charge is 0.0595 e. The molecule has 1 rings (SSSR count). The molecule has 0 saturated carbocycles. The average Bonchev–Trinajstić information content (AvgIpc) is 2.23. The van der Waals surface area contributed by atoms with Gasteiger partial charge in [0.1, 0.15) is 0 Å². The Balaban J connectivity index is 2.41. The lowest BCUT2D eigenvalue weighted by atomic mass is 10.2. The fourth-order valence-corrected chi connectivity index (χ4v) is 1.44. The molecule has 0 aliphatic carbocycles. The van der Waals surface area contributed by atoms with E-state index in [2.05, 4.69) is 5.32 Å². The van der Waals surface area contributed by atoms with Crippen LogP contribution < -0.4 is 11.1 Å². The quantitative estimate of drug-likeness (QED) is 0.739. The summed E-state index contributed by atoms with van der Waals surface area (Å²) < 4.78 is 0. The minimum atomic E-state index is -0.229. The molecule has 1 atom stereocenters. The third-order valence-electron chi connectivity index (χ3n) is 1.95. The molecule has 0 amide bonds.